The van der Waals surface area contributed by atoms with Gasteiger partial charge in [-0.2, -0.15) is 9.40 Å². The highest BCUT2D eigenvalue weighted by Gasteiger charge is 2.30. The van der Waals surface area contributed by atoms with Gasteiger partial charge in [0, 0.05) is 32.0 Å². The number of pyridine rings is 1. The summed E-state index contributed by atoms with van der Waals surface area (Å²) in [5, 5.41) is 4.08. The summed E-state index contributed by atoms with van der Waals surface area (Å²) >= 11 is 0. The predicted molar refractivity (Wildman–Crippen MR) is 75.7 cm³/mol. The van der Waals surface area contributed by atoms with Crippen LogP contribution in [-0.4, -0.2) is 45.6 Å². The monoisotopic (exact) mass is 307 g/mol. The van der Waals surface area contributed by atoms with E-state index in [2.05, 4.69) is 15.1 Å². The molecule has 2 aromatic heterocycles. The molecule has 1 aliphatic rings. The minimum absolute atomic E-state index is 0.256. The Morgan fingerprint density at radius 3 is 2.95 bits per heavy atom. The maximum atomic E-state index is 12.6. The number of sulfonamides is 1. The van der Waals surface area contributed by atoms with Gasteiger partial charge in [0.1, 0.15) is 17.6 Å². The zero-order chi connectivity index (χ0) is 14.7. The molecule has 0 aliphatic carbocycles. The molecule has 3 heterocycles. The number of rotatable bonds is 4. The third kappa shape index (κ3) is 3.11. The highest BCUT2D eigenvalue weighted by Crippen LogP contribution is 2.24. The van der Waals surface area contributed by atoms with Gasteiger partial charge in [-0.25, -0.2) is 13.4 Å². The second kappa shape index (κ2) is 5.90. The molecule has 21 heavy (non-hydrogen) atoms. The number of aromatic nitrogens is 4. The standard InChI is InChI=1S/C13H17N5O2S/c19-21(20,13-4-1-5-14-7-13)18-6-2-3-12(9-18)8-17-11-15-10-16-17/h1,4-5,7,10-12H,2-3,6,8-9H2/t12-/m1/s1. The van der Waals surface area contributed by atoms with Crippen LogP contribution in [0.3, 0.4) is 0 Å². The average Bonchev–Trinajstić information content (AvgIpc) is 3.01. The third-order valence-corrected chi connectivity index (χ3v) is 5.51. The summed E-state index contributed by atoms with van der Waals surface area (Å²) in [6, 6.07) is 3.23. The molecule has 112 valence electrons. The van der Waals surface area contributed by atoms with Crippen molar-refractivity contribution in [1.29, 1.82) is 0 Å². The number of hydrogen-bond acceptors (Lipinski definition) is 5. The molecular weight excluding hydrogens is 290 g/mol. The van der Waals surface area contributed by atoms with Gasteiger partial charge in [0.15, 0.2) is 0 Å². The summed E-state index contributed by atoms with van der Waals surface area (Å²) in [7, 11) is -3.45. The van der Waals surface area contributed by atoms with Crippen molar-refractivity contribution in [1.82, 2.24) is 24.1 Å². The van der Waals surface area contributed by atoms with Crippen LogP contribution >= 0.6 is 0 Å². The van der Waals surface area contributed by atoms with E-state index in [9.17, 15) is 8.42 Å². The maximum absolute atomic E-state index is 12.6. The SMILES string of the molecule is O=S(=O)(c1cccnc1)N1CCC[C@H](Cn2cncn2)C1. The summed E-state index contributed by atoms with van der Waals surface area (Å²) in [5.74, 6) is 0.256. The van der Waals surface area contributed by atoms with E-state index < -0.39 is 10.0 Å². The molecule has 1 atom stereocenters. The van der Waals surface area contributed by atoms with Gasteiger partial charge >= 0.3 is 0 Å². The molecule has 7 nitrogen and oxygen atoms in total. The first-order chi connectivity index (χ1) is 10.2. The van der Waals surface area contributed by atoms with Gasteiger partial charge < -0.3 is 0 Å². The Bertz CT molecular complexity index is 672. The van der Waals surface area contributed by atoms with E-state index in [0.717, 1.165) is 12.8 Å². The van der Waals surface area contributed by atoms with Crippen molar-refractivity contribution in [3.8, 4) is 0 Å². The Hall–Kier alpha value is -1.80. The fourth-order valence-electron chi connectivity index (χ4n) is 2.63. The molecule has 0 aromatic carbocycles. The van der Waals surface area contributed by atoms with Gasteiger partial charge in [-0.1, -0.05) is 0 Å². The minimum Gasteiger partial charge on any atom is -0.263 e. The topological polar surface area (TPSA) is 81.0 Å². The normalized spacial score (nSPS) is 20.5. The molecule has 0 saturated carbocycles. The van der Waals surface area contributed by atoms with E-state index in [1.165, 1.54) is 12.5 Å². The Morgan fingerprint density at radius 1 is 1.33 bits per heavy atom. The molecule has 1 aliphatic heterocycles. The lowest BCUT2D eigenvalue weighted by molar-refractivity contribution is 0.239. The summed E-state index contributed by atoms with van der Waals surface area (Å²) < 4.78 is 28.5. The van der Waals surface area contributed by atoms with Gasteiger partial charge in [-0.05, 0) is 30.9 Å². The van der Waals surface area contributed by atoms with Gasteiger partial charge in [0.2, 0.25) is 10.0 Å². The second-order valence-corrected chi connectivity index (χ2v) is 7.12. The number of piperidine rings is 1. The average molecular weight is 307 g/mol. The van der Waals surface area contributed by atoms with Crippen molar-refractivity contribution in [2.24, 2.45) is 5.92 Å². The number of hydrogen-bond donors (Lipinski definition) is 0. The molecule has 0 unspecified atom stereocenters. The quantitative estimate of drug-likeness (QED) is 0.833. The van der Waals surface area contributed by atoms with Crippen molar-refractivity contribution in [2.45, 2.75) is 24.3 Å². The van der Waals surface area contributed by atoms with Crippen molar-refractivity contribution < 1.29 is 8.42 Å². The Labute approximate surface area is 123 Å². The highest BCUT2D eigenvalue weighted by molar-refractivity contribution is 7.89. The molecule has 0 bridgehead atoms. The van der Waals surface area contributed by atoms with Crippen LogP contribution in [0.25, 0.3) is 0 Å². The van der Waals surface area contributed by atoms with Crippen molar-refractivity contribution >= 4 is 10.0 Å². The highest BCUT2D eigenvalue weighted by atomic mass is 32.2. The van der Waals surface area contributed by atoms with Crippen molar-refractivity contribution in [3.05, 3.63) is 37.2 Å². The fourth-order valence-corrected chi connectivity index (χ4v) is 4.15. The van der Waals surface area contributed by atoms with Crippen LogP contribution in [0.15, 0.2) is 42.1 Å². The zero-order valence-corrected chi connectivity index (χ0v) is 12.4. The molecule has 0 N–H and O–H groups in total. The van der Waals surface area contributed by atoms with E-state index in [1.54, 1.807) is 33.6 Å². The third-order valence-electron chi connectivity index (χ3n) is 3.67. The van der Waals surface area contributed by atoms with E-state index >= 15 is 0 Å². The van der Waals surface area contributed by atoms with Crippen LogP contribution in [0.5, 0.6) is 0 Å². The molecule has 1 saturated heterocycles. The van der Waals surface area contributed by atoms with Crippen LogP contribution in [0.4, 0.5) is 0 Å². The van der Waals surface area contributed by atoms with Crippen molar-refractivity contribution in [2.75, 3.05) is 13.1 Å². The second-order valence-electron chi connectivity index (χ2n) is 5.18. The van der Waals surface area contributed by atoms with Gasteiger partial charge in [0.25, 0.3) is 0 Å². The van der Waals surface area contributed by atoms with Crippen molar-refractivity contribution in [3.63, 3.8) is 0 Å². The zero-order valence-electron chi connectivity index (χ0n) is 11.5. The van der Waals surface area contributed by atoms with Gasteiger partial charge in [-0.3, -0.25) is 9.67 Å². The van der Waals surface area contributed by atoms with Gasteiger partial charge in [0.05, 0.1) is 0 Å². The minimum atomic E-state index is -3.45. The van der Waals surface area contributed by atoms with Crippen LogP contribution < -0.4 is 0 Å². The van der Waals surface area contributed by atoms with Crippen LogP contribution in [0, 0.1) is 5.92 Å². The van der Waals surface area contributed by atoms with E-state index in [1.807, 2.05) is 0 Å². The molecule has 0 radical (unpaired) electrons. The Balaban J connectivity index is 1.74. The molecule has 1 fully saturated rings. The molecule has 0 amide bonds. The van der Waals surface area contributed by atoms with Crippen LogP contribution in [0.2, 0.25) is 0 Å². The lowest BCUT2D eigenvalue weighted by atomic mass is 10.00. The number of nitrogens with zero attached hydrogens (tertiary/aromatic N) is 5. The molecular formula is C13H17N5O2S. The predicted octanol–water partition coefficient (Wildman–Crippen LogP) is 0.774. The fraction of sp³-hybridized carbons (Fsp3) is 0.462. The van der Waals surface area contributed by atoms with E-state index in [0.29, 0.717) is 19.6 Å². The van der Waals surface area contributed by atoms with Crippen LogP contribution in [-0.2, 0) is 16.6 Å². The molecule has 2 aromatic rings. The van der Waals surface area contributed by atoms with Crippen LogP contribution in [0.1, 0.15) is 12.8 Å². The Morgan fingerprint density at radius 2 is 2.24 bits per heavy atom. The molecule has 3 rings (SSSR count). The first-order valence-corrected chi connectivity index (χ1v) is 8.33. The lowest BCUT2D eigenvalue weighted by Gasteiger charge is -2.31. The van der Waals surface area contributed by atoms with E-state index in [4.69, 9.17) is 0 Å². The summed E-state index contributed by atoms with van der Waals surface area (Å²) in [4.78, 5) is 8.07. The molecule has 0 spiro atoms. The summed E-state index contributed by atoms with van der Waals surface area (Å²) in [6.07, 6.45) is 7.98. The summed E-state index contributed by atoms with van der Waals surface area (Å²) in [5.41, 5.74) is 0. The van der Waals surface area contributed by atoms with Gasteiger partial charge in [-0.15, -0.1) is 0 Å². The first kappa shape index (κ1) is 14.2. The largest absolute Gasteiger partial charge is 0.263 e. The lowest BCUT2D eigenvalue weighted by Crippen LogP contribution is -2.41. The summed E-state index contributed by atoms with van der Waals surface area (Å²) in [6.45, 7) is 1.77. The molecule has 8 heteroatoms. The van der Waals surface area contributed by atoms with E-state index in [-0.39, 0.29) is 10.8 Å². The Kier molecular flexibility index (Phi) is 3.98. The maximum Gasteiger partial charge on any atom is 0.244 e. The first-order valence-electron chi connectivity index (χ1n) is 6.89. The smallest absolute Gasteiger partial charge is 0.244 e.